The molecule has 1 atom stereocenters. The Kier molecular flexibility index (Phi) is 4.80. The number of nitrogens with one attached hydrogen (secondary N) is 2. The van der Waals surface area contributed by atoms with E-state index in [1.54, 1.807) is 6.07 Å². The van der Waals surface area contributed by atoms with Gasteiger partial charge in [-0.15, -0.1) is 10.2 Å². The maximum Gasteiger partial charge on any atom is 0.321 e. The SMILES string of the molecule is Cc1nc2n(n1)CCCC2NC(=O)Nc1nnc(Cc2cccc(F)c2)s1. The van der Waals surface area contributed by atoms with Crippen molar-refractivity contribution < 1.29 is 9.18 Å². The lowest BCUT2D eigenvalue weighted by Crippen LogP contribution is -2.36. The Morgan fingerprint density at radius 2 is 2.30 bits per heavy atom. The molecule has 0 spiro atoms. The van der Waals surface area contributed by atoms with E-state index < -0.39 is 0 Å². The number of carbonyl (C=O) groups excluding carboxylic acids is 1. The van der Waals surface area contributed by atoms with Crippen LogP contribution in [0.2, 0.25) is 0 Å². The molecule has 0 aliphatic carbocycles. The Morgan fingerprint density at radius 3 is 3.15 bits per heavy atom. The number of carbonyl (C=O) groups is 1. The van der Waals surface area contributed by atoms with Gasteiger partial charge in [0.25, 0.3) is 0 Å². The van der Waals surface area contributed by atoms with Crippen LogP contribution in [0.25, 0.3) is 0 Å². The molecule has 4 rings (SSSR count). The van der Waals surface area contributed by atoms with Crippen molar-refractivity contribution in [2.24, 2.45) is 0 Å². The summed E-state index contributed by atoms with van der Waals surface area (Å²) < 4.78 is 15.1. The van der Waals surface area contributed by atoms with E-state index in [0.717, 1.165) is 30.8 Å². The van der Waals surface area contributed by atoms with Crippen LogP contribution in [0.4, 0.5) is 14.3 Å². The Morgan fingerprint density at radius 1 is 1.41 bits per heavy atom. The first-order valence-electron chi connectivity index (χ1n) is 8.62. The number of anilines is 1. The maximum absolute atomic E-state index is 13.3. The molecule has 140 valence electrons. The normalized spacial score (nSPS) is 16.0. The highest BCUT2D eigenvalue weighted by atomic mass is 32.1. The molecule has 8 nitrogen and oxygen atoms in total. The monoisotopic (exact) mass is 387 g/mol. The lowest BCUT2D eigenvalue weighted by atomic mass is 10.1. The highest BCUT2D eigenvalue weighted by Crippen LogP contribution is 2.24. The quantitative estimate of drug-likeness (QED) is 0.717. The number of aromatic nitrogens is 5. The fourth-order valence-electron chi connectivity index (χ4n) is 3.09. The summed E-state index contributed by atoms with van der Waals surface area (Å²) in [6.45, 7) is 2.65. The van der Waals surface area contributed by atoms with Gasteiger partial charge in [-0.25, -0.2) is 18.9 Å². The predicted molar refractivity (Wildman–Crippen MR) is 98.0 cm³/mol. The number of hydrogen-bond donors (Lipinski definition) is 2. The molecule has 0 bridgehead atoms. The first-order chi connectivity index (χ1) is 13.1. The van der Waals surface area contributed by atoms with Gasteiger partial charge in [0.1, 0.15) is 22.5 Å². The summed E-state index contributed by atoms with van der Waals surface area (Å²) in [5.41, 5.74) is 0.805. The van der Waals surface area contributed by atoms with Crippen LogP contribution in [0.5, 0.6) is 0 Å². The molecule has 10 heteroatoms. The molecule has 2 amide bonds. The summed E-state index contributed by atoms with van der Waals surface area (Å²) in [4.78, 5) is 16.7. The van der Waals surface area contributed by atoms with Crippen molar-refractivity contribution in [3.05, 3.63) is 52.3 Å². The van der Waals surface area contributed by atoms with E-state index in [4.69, 9.17) is 0 Å². The van der Waals surface area contributed by atoms with Crippen molar-refractivity contribution in [3.8, 4) is 0 Å². The first-order valence-corrected chi connectivity index (χ1v) is 9.44. The van der Waals surface area contributed by atoms with Gasteiger partial charge in [-0.2, -0.15) is 5.10 Å². The van der Waals surface area contributed by atoms with Gasteiger partial charge in [-0.1, -0.05) is 23.5 Å². The Hall–Kier alpha value is -2.88. The number of rotatable bonds is 4. The highest BCUT2D eigenvalue weighted by molar-refractivity contribution is 7.15. The maximum atomic E-state index is 13.3. The van der Waals surface area contributed by atoms with E-state index in [9.17, 15) is 9.18 Å². The minimum absolute atomic E-state index is 0.181. The van der Waals surface area contributed by atoms with Crippen LogP contribution < -0.4 is 10.6 Å². The van der Waals surface area contributed by atoms with Gasteiger partial charge in [0, 0.05) is 13.0 Å². The third kappa shape index (κ3) is 4.11. The van der Waals surface area contributed by atoms with Gasteiger partial charge < -0.3 is 5.32 Å². The molecule has 1 aliphatic heterocycles. The van der Waals surface area contributed by atoms with E-state index in [2.05, 4.69) is 30.9 Å². The average Bonchev–Trinajstić information content (AvgIpc) is 3.21. The van der Waals surface area contributed by atoms with Crippen LogP contribution in [0, 0.1) is 12.7 Å². The second-order valence-corrected chi connectivity index (χ2v) is 7.40. The number of nitrogens with zero attached hydrogens (tertiary/aromatic N) is 5. The Labute approximate surface area is 158 Å². The number of urea groups is 1. The molecule has 0 fully saturated rings. The van der Waals surface area contributed by atoms with E-state index >= 15 is 0 Å². The smallest absolute Gasteiger partial charge is 0.321 e. The van der Waals surface area contributed by atoms with E-state index in [1.165, 1.54) is 23.5 Å². The molecule has 0 saturated heterocycles. The van der Waals surface area contributed by atoms with E-state index in [0.29, 0.717) is 22.4 Å². The van der Waals surface area contributed by atoms with Gasteiger partial charge in [-0.3, -0.25) is 5.32 Å². The molecular formula is C17H18FN7OS. The van der Waals surface area contributed by atoms with Crippen molar-refractivity contribution in [3.63, 3.8) is 0 Å². The number of aryl methyl sites for hydroxylation is 2. The molecule has 1 unspecified atom stereocenters. The molecule has 0 radical (unpaired) electrons. The van der Waals surface area contributed by atoms with E-state index in [-0.39, 0.29) is 17.9 Å². The zero-order valence-corrected chi connectivity index (χ0v) is 15.5. The Balaban J connectivity index is 1.37. The predicted octanol–water partition coefficient (Wildman–Crippen LogP) is 2.82. The molecule has 2 aromatic heterocycles. The minimum Gasteiger partial charge on any atom is -0.328 e. The van der Waals surface area contributed by atoms with Gasteiger partial charge in [-0.05, 0) is 37.5 Å². The molecule has 3 aromatic rings. The standard InChI is InChI=1S/C17H18FN7OS/c1-10-19-15-13(6-3-7-25(15)24-10)20-16(26)21-17-23-22-14(27-17)9-11-4-2-5-12(18)8-11/h2,4-5,8,13H,3,6-7,9H2,1H3,(H2,20,21,23,26). The fourth-order valence-corrected chi connectivity index (χ4v) is 3.86. The minimum atomic E-state index is -0.359. The molecule has 1 aliphatic rings. The number of fused-ring (bicyclic) bond motifs is 1. The fraction of sp³-hybridized carbons (Fsp3) is 0.353. The van der Waals surface area contributed by atoms with Crippen LogP contribution in [-0.4, -0.2) is 31.0 Å². The highest BCUT2D eigenvalue weighted by Gasteiger charge is 2.25. The molecular weight excluding hydrogens is 369 g/mol. The first kappa shape index (κ1) is 17.5. The summed E-state index contributed by atoms with van der Waals surface area (Å²) in [5.74, 6) is 1.19. The number of hydrogen-bond acceptors (Lipinski definition) is 6. The second-order valence-electron chi connectivity index (χ2n) is 6.34. The van der Waals surface area contributed by atoms with Crippen LogP contribution in [0.15, 0.2) is 24.3 Å². The van der Waals surface area contributed by atoms with Crippen molar-refractivity contribution in [1.82, 2.24) is 30.3 Å². The van der Waals surface area contributed by atoms with E-state index in [1.807, 2.05) is 17.7 Å². The molecule has 0 saturated carbocycles. The van der Waals surface area contributed by atoms with Gasteiger partial charge in [0.2, 0.25) is 5.13 Å². The van der Waals surface area contributed by atoms with Crippen molar-refractivity contribution in [2.75, 3.05) is 5.32 Å². The Bertz CT molecular complexity index is 970. The van der Waals surface area contributed by atoms with Crippen molar-refractivity contribution in [1.29, 1.82) is 0 Å². The summed E-state index contributed by atoms with van der Waals surface area (Å²) in [6, 6.07) is 5.80. The topological polar surface area (TPSA) is 97.6 Å². The molecule has 2 N–H and O–H groups in total. The van der Waals surface area contributed by atoms with Gasteiger partial charge >= 0.3 is 6.03 Å². The zero-order valence-electron chi connectivity index (χ0n) is 14.6. The van der Waals surface area contributed by atoms with Gasteiger partial charge in [0.15, 0.2) is 0 Å². The zero-order chi connectivity index (χ0) is 18.8. The lowest BCUT2D eigenvalue weighted by molar-refractivity contribution is 0.244. The summed E-state index contributed by atoms with van der Waals surface area (Å²) in [7, 11) is 0. The molecule has 27 heavy (non-hydrogen) atoms. The third-order valence-electron chi connectivity index (χ3n) is 4.22. The van der Waals surface area contributed by atoms with Crippen LogP contribution >= 0.6 is 11.3 Å². The molecule has 3 heterocycles. The summed E-state index contributed by atoms with van der Waals surface area (Å²) >= 11 is 1.26. The largest absolute Gasteiger partial charge is 0.328 e. The molecule has 1 aromatic carbocycles. The third-order valence-corrected chi connectivity index (χ3v) is 5.06. The number of halogens is 1. The van der Waals surface area contributed by atoms with Crippen LogP contribution in [-0.2, 0) is 13.0 Å². The van der Waals surface area contributed by atoms with Gasteiger partial charge in [0.05, 0.1) is 6.04 Å². The number of amides is 2. The average molecular weight is 387 g/mol. The van der Waals surface area contributed by atoms with Crippen LogP contribution in [0.1, 0.15) is 41.1 Å². The summed E-state index contributed by atoms with van der Waals surface area (Å²) in [5, 5.41) is 19.1. The van der Waals surface area contributed by atoms with Crippen molar-refractivity contribution in [2.45, 2.75) is 38.8 Å². The lowest BCUT2D eigenvalue weighted by Gasteiger charge is -2.22. The van der Waals surface area contributed by atoms with Crippen LogP contribution in [0.3, 0.4) is 0 Å². The van der Waals surface area contributed by atoms with Crippen molar-refractivity contribution >= 4 is 22.5 Å². The number of benzene rings is 1. The second kappa shape index (κ2) is 7.39. The summed E-state index contributed by atoms with van der Waals surface area (Å²) in [6.07, 6.45) is 2.20.